The minimum absolute atomic E-state index is 0.103. The summed E-state index contributed by atoms with van der Waals surface area (Å²) < 4.78 is 0. The van der Waals surface area contributed by atoms with Crippen LogP contribution in [0.4, 0.5) is 17.1 Å². The van der Waals surface area contributed by atoms with Gasteiger partial charge < -0.3 is 5.32 Å². The topological polar surface area (TPSA) is 122 Å². The van der Waals surface area contributed by atoms with Gasteiger partial charge in [-0.25, -0.2) is 4.99 Å². The maximum absolute atomic E-state index is 12.9. The predicted molar refractivity (Wildman–Crippen MR) is 128 cm³/mol. The molecule has 2 aromatic rings. The fourth-order valence-corrected chi connectivity index (χ4v) is 4.31. The van der Waals surface area contributed by atoms with Gasteiger partial charge in [-0.2, -0.15) is 0 Å². The summed E-state index contributed by atoms with van der Waals surface area (Å²) in [6.45, 7) is 7.06. The first kappa shape index (κ1) is 23.9. The van der Waals surface area contributed by atoms with Gasteiger partial charge in [-0.3, -0.25) is 29.4 Å². The number of hydrogen-bond acceptors (Lipinski definition) is 7. The summed E-state index contributed by atoms with van der Waals surface area (Å²) in [5.74, 6) is -0.799. The van der Waals surface area contributed by atoms with Gasteiger partial charge in [-0.1, -0.05) is 36.0 Å². The molecule has 0 aliphatic carbocycles. The van der Waals surface area contributed by atoms with E-state index >= 15 is 0 Å². The van der Waals surface area contributed by atoms with Gasteiger partial charge in [-0.15, -0.1) is 6.58 Å². The van der Waals surface area contributed by atoms with E-state index in [0.717, 1.165) is 11.8 Å². The van der Waals surface area contributed by atoms with Crippen molar-refractivity contribution in [3.05, 3.63) is 76.4 Å². The van der Waals surface area contributed by atoms with Crippen molar-refractivity contribution < 1.29 is 19.3 Å². The maximum Gasteiger partial charge on any atom is 0.271 e. The number of aryl methyl sites for hydroxylation is 1. The van der Waals surface area contributed by atoms with Crippen LogP contribution in [0.3, 0.4) is 0 Å². The molecule has 0 saturated carbocycles. The maximum atomic E-state index is 12.9. The summed E-state index contributed by atoms with van der Waals surface area (Å²) in [5.41, 5.74) is 1.92. The molecule has 0 aromatic heterocycles. The minimum atomic E-state index is -0.710. The number of amidine groups is 1. The number of amides is 2. The number of ketones is 1. The van der Waals surface area contributed by atoms with E-state index in [1.807, 2.05) is 0 Å². The third-order valence-electron chi connectivity index (χ3n) is 4.87. The number of thioether (sulfide) groups is 1. The SMILES string of the molecule is C=CCN1C(=O)[C@H](CC(=O)Nc2cccc(C(C)=O)c2)SC1=Nc1cc([N+](=O)[O-])ccc1C. The van der Waals surface area contributed by atoms with Gasteiger partial charge in [0.25, 0.3) is 5.69 Å². The second-order valence-corrected chi connectivity index (χ2v) is 8.53. The van der Waals surface area contributed by atoms with E-state index in [2.05, 4.69) is 16.9 Å². The molecule has 1 fully saturated rings. The Bertz CT molecular complexity index is 1180. The average Bonchev–Trinajstić information content (AvgIpc) is 3.04. The Balaban J connectivity index is 1.80. The predicted octanol–water partition coefficient (Wildman–Crippen LogP) is 4.25. The quantitative estimate of drug-likeness (QED) is 0.269. The van der Waals surface area contributed by atoms with E-state index in [9.17, 15) is 24.5 Å². The van der Waals surface area contributed by atoms with Crippen molar-refractivity contribution in [1.29, 1.82) is 0 Å². The summed E-state index contributed by atoms with van der Waals surface area (Å²) >= 11 is 1.13. The molecule has 1 aliphatic rings. The summed E-state index contributed by atoms with van der Waals surface area (Å²) in [5, 5.41) is 13.5. The highest BCUT2D eigenvalue weighted by molar-refractivity contribution is 8.15. The molecule has 1 aliphatic heterocycles. The van der Waals surface area contributed by atoms with Gasteiger partial charge in [0, 0.05) is 36.3 Å². The fraction of sp³-hybridized carbons (Fsp3) is 0.217. The Morgan fingerprint density at radius 3 is 2.73 bits per heavy atom. The van der Waals surface area contributed by atoms with E-state index in [1.54, 1.807) is 43.3 Å². The minimum Gasteiger partial charge on any atom is -0.326 e. The highest BCUT2D eigenvalue weighted by Gasteiger charge is 2.38. The van der Waals surface area contributed by atoms with Gasteiger partial charge in [0.15, 0.2) is 11.0 Å². The highest BCUT2D eigenvalue weighted by Crippen LogP contribution is 2.33. The number of nitro benzene ring substituents is 1. The van der Waals surface area contributed by atoms with Gasteiger partial charge >= 0.3 is 0 Å². The molecule has 1 saturated heterocycles. The van der Waals surface area contributed by atoms with E-state index in [0.29, 0.717) is 27.7 Å². The van der Waals surface area contributed by atoms with Crippen molar-refractivity contribution in [3.8, 4) is 0 Å². The second kappa shape index (κ2) is 10.2. The van der Waals surface area contributed by atoms with Crippen LogP contribution in [-0.2, 0) is 9.59 Å². The van der Waals surface area contributed by atoms with Crippen molar-refractivity contribution in [2.45, 2.75) is 25.5 Å². The van der Waals surface area contributed by atoms with Crippen LogP contribution in [0, 0.1) is 17.0 Å². The summed E-state index contributed by atoms with van der Waals surface area (Å²) in [6.07, 6.45) is 1.44. The van der Waals surface area contributed by atoms with Crippen molar-refractivity contribution in [1.82, 2.24) is 4.90 Å². The Hall–Kier alpha value is -3.79. The molecule has 0 radical (unpaired) electrons. The van der Waals surface area contributed by atoms with Crippen LogP contribution in [0.15, 0.2) is 60.1 Å². The zero-order valence-corrected chi connectivity index (χ0v) is 18.9. The van der Waals surface area contributed by atoms with Crippen molar-refractivity contribution in [2.24, 2.45) is 4.99 Å². The number of hydrogen-bond donors (Lipinski definition) is 1. The molecule has 2 amide bonds. The van der Waals surface area contributed by atoms with Gasteiger partial charge in [0.2, 0.25) is 11.8 Å². The smallest absolute Gasteiger partial charge is 0.271 e. The molecule has 0 unspecified atom stereocenters. The van der Waals surface area contributed by atoms with Crippen LogP contribution in [0.2, 0.25) is 0 Å². The number of carbonyl (C=O) groups is 3. The largest absolute Gasteiger partial charge is 0.326 e. The number of nitrogens with zero attached hydrogens (tertiary/aromatic N) is 3. The molecule has 33 heavy (non-hydrogen) atoms. The summed E-state index contributed by atoms with van der Waals surface area (Å²) in [7, 11) is 0. The number of rotatable bonds is 8. The van der Waals surface area contributed by atoms with Crippen LogP contribution in [0.1, 0.15) is 29.3 Å². The average molecular weight is 467 g/mol. The molecular formula is C23H22N4O5S. The second-order valence-electron chi connectivity index (χ2n) is 7.36. The van der Waals surface area contributed by atoms with Gasteiger partial charge in [-0.05, 0) is 31.5 Å². The highest BCUT2D eigenvalue weighted by atomic mass is 32.2. The Morgan fingerprint density at radius 2 is 2.06 bits per heavy atom. The molecule has 3 rings (SSSR count). The summed E-state index contributed by atoms with van der Waals surface area (Å²) in [6, 6.07) is 10.9. The molecule has 1 N–H and O–H groups in total. The molecule has 0 bridgehead atoms. The lowest BCUT2D eigenvalue weighted by molar-refractivity contribution is -0.384. The third-order valence-corrected chi connectivity index (χ3v) is 6.05. The molecule has 170 valence electrons. The van der Waals surface area contributed by atoms with Crippen LogP contribution in [-0.4, -0.2) is 44.4 Å². The molecule has 1 atom stereocenters. The first-order chi connectivity index (χ1) is 15.7. The van der Waals surface area contributed by atoms with Crippen molar-refractivity contribution in [2.75, 3.05) is 11.9 Å². The van der Waals surface area contributed by atoms with Crippen LogP contribution >= 0.6 is 11.8 Å². The van der Waals surface area contributed by atoms with Gasteiger partial charge in [0.1, 0.15) is 5.25 Å². The number of anilines is 1. The zero-order valence-electron chi connectivity index (χ0n) is 18.1. The van der Waals surface area contributed by atoms with Gasteiger partial charge in [0.05, 0.1) is 10.6 Å². The van der Waals surface area contributed by atoms with E-state index in [4.69, 9.17) is 0 Å². The number of nitrogens with one attached hydrogen (secondary N) is 1. The number of benzene rings is 2. The van der Waals surface area contributed by atoms with E-state index in [1.165, 1.54) is 24.0 Å². The molecule has 9 nitrogen and oxygen atoms in total. The van der Waals surface area contributed by atoms with Crippen molar-refractivity contribution in [3.63, 3.8) is 0 Å². The molecule has 0 spiro atoms. The lowest BCUT2D eigenvalue weighted by Gasteiger charge is -2.14. The number of carbonyl (C=O) groups excluding carboxylic acids is 3. The first-order valence-electron chi connectivity index (χ1n) is 10.0. The van der Waals surface area contributed by atoms with Crippen LogP contribution in [0.5, 0.6) is 0 Å². The summed E-state index contributed by atoms with van der Waals surface area (Å²) in [4.78, 5) is 53.6. The molecular weight excluding hydrogens is 444 g/mol. The Morgan fingerprint density at radius 1 is 1.30 bits per heavy atom. The normalized spacial score (nSPS) is 16.7. The fourth-order valence-electron chi connectivity index (χ4n) is 3.15. The standard InChI is InChI=1S/C23H22N4O5S/c1-4-10-26-22(30)20(13-21(29)24-17-7-5-6-16(11-17)15(3)28)33-23(26)25-19-12-18(27(31)32)9-8-14(19)2/h4-9,11-12,20H,1,10,13H2,2-3H3,(H,24,29)/t20-/m0/s1. The van der Waals surface area contributed by atoms with E-state index < -0.39 is 10.2 Å². The number of non-ortho nitro benzene ring substituents is 1. The molecule has 2 aromatic carbocycles. The van der Waals surface area contributed by atoms with Crippen molar-refractivity contribution >= 4 is 51.6 Å². The number of aliphatic imine (C=N–C) groups is 1. The Labute approximate surface area is 194 Å². The first-order valence-corrected chi connectivity index (χ1v) is 10.9. The number of Topliss-reactive ketones (excluding diaryl/α,β-unsaturated/α-hetero) is 1. The molecule has 10 heteroatoms. The third kappa shape index (κ3) is 5.72. The lowest BCUT2D eigenvalue weighted by atomic mass is 10.1. The Kier molecular flexibility index (Phi) is 7.39. The zero-order chi connectivity index (χ0) is 24.1. The monoisotopic (exact) mass is 466 g/mol. The van der Waals surface area contributed by atoms with Crippen LogP contribution in [0.25, 0.3) is 0 Å². The van der Waals surface area contributed by atoms with Crippen LogP contribution < -0.4 is 5.32 Å². The number of nitro groups is 1. The lowest BCUT2D eigenvalue weighted by Crippen LogP contribution is -2.33. The molecule has 1 heterocycles. The van der Waals surface area contributed by atoms with E-state index in [-0.39, 0.29) is 36.3 Å².